The summed E-state index contributed by atoms with van der Waals surface area (Å²) < 4.78 is 0. The van der Waals surface area contributed by atoms with Gasteiger partial charge in [-0.25, -0.2) is 10.4 Å². The molecule has 82 valence electrons. The summed E-state index contributed by atoms with van der Waals surface area (Å²) in [6.07, 6.45) is 0. The summed E-state index contributed by atoms with van der Waals surface area (Å²) in [7, 11) is 3.71. The maximum Gasteiger partial charge on any atom is 0.242 e. The zero-order chi connectivity index (χ0) is 11.3. The SMILES string of the molecule is CC(NN(C)C)C(=O)Nc1ccccc1. The lowest BCUT2D eigenvalue weighted by Gasteiger charge is -2.18. The lowest BCUT2D eigenvalue weighted by atomic mass is 10.3. The van der Waals surface area contributed by atoms with E-state index >= 15 is 0 Å². The Morgan fingerprint density at radius 2 is 1.87 bits per heavy atom. The summed E-state index contributed by atoms with van der Waals surface area (Å²) in [5.74, 6) is -0.0464. The van der Waals surface area contributed by atoms with Gasteiger partial charge in [-0.1, -0.05) is 18.2 Å². The van der Waals surface area contributed by atoms with Crippen LogP contribution >= 0.6 is 0 Å². The molecule has 0 spiro atoms. The van der Waals surface area contributed by atoms with E-state index in [4.69, 9.17) is 0 Å². The van der Waals surface area contributed by atoms with Crippen LogP contribution in [-0.2, 0) is 4.79 Å². The summed E-state index contributed by atoms with van der Waals surface area (Å²) in [4.78, 5) is 11.6. The summed E-state index contributed by atoms with van der Waals surface area (Å²) >= 11 is 0. The molecule has 15 heavy (non-hydrogen) atoms. The molecule has 0 saturated carbocycles. The number of hydrogen-bond acceptors (Lipinski definition) is 3. The second kappa shape index (κ2) is 5.48. The molecule has 1 aromatic carbocycles. The second-order valence-corrected chi connectivity index (χ2v) is 3.60. The molecule has 1 amide bonds. The van der Waals surface area contributed by atoms with E-state index in [9.17, 15) is 4.79 Å². The number of nitrogens with one attached hydrogen (secondary N) is 2. The smallest absolute Gasteiger partial charge is 0.242 e. The number of benzene rings is 1. The van der Waals surface area contributed by atoms with Crippen molar-refractivity contribution in [1.29, 1.82) is 0 Å². The van der Waals surface area contributed by atoms with Crippen LogP contribution in [0.15, 0.2) is 30.3 Å². The number of hydrazine groups is 1. The van der Waals surface area contributed by atoms with Crippen molar-refractivity contribution in [3.8, 4) is 0 Å². The lowest BCUT2D eigenvalue weighted by Crippen LogP contribution is -2.45. The minimum absolute atomic E-state index is 0.0464. The minimum Gasteiger partial charge on any atom is -0.325 e. The highest BCUT2D eigenvalue weighted by Crippen LogP contribution is 2.05. The van der Waals surface area contributed by atoms with Crippen LogP contribution in [0.5, 0.6) is 0 Å². The maximum absolute atomic E-state index is 11.6. The highest BCUT2D eigenvalue weighted by atomic mass is 16.2. The molecule has 0 fully saturated rings. The number of amides is 1. The van der Waals surface area contributed by atoms with Crippen molar-refractivity contribution in [3.63, 3.8) is 0 Å². The van der Waals surface area contributed by atoms with Crippen molar-refractivity contribution in [1.82, 2.24) is 10.4 Å². The standard InChI is InChI=1S/C11H17N3O/c1-9(13-14(2)3)11(15)12-10-7-5-4-6-8-10/h4-9,13H,1-3H3,(H,12,15). The zero-order valence-corrected chi connectivity index (χ0v) is 9.32. The molecule has 0 bridgehead atoms. The third-order valence-corrected chi connectivity index (χ3v) is 1.89. The van der Waals surface area contributed by atoms with E-state index in [1.165, 1.54) is 0 Å². The Morgan fingerprint density at radius 3 is 2.40 bits per heavy atom. The first-order valence-corrected chi connectivity index (χ1v) is 4.89. The number of carbonyl (C=O) groups is 1. The van der Waals surface area contributed by atoms with Crippen LogP contribution in [0.25, 0.3) is 0 Å². The third kappa shape index (κ3) is 4.10. The van der Waals surface area contributed by atoms with Gasteiger partial charge in [0.05, 0.1) is 6.04 Å². The molecular weight excluding hydrogens is 190 g/mol. The van der Waals surface area contributed by atoms with Crippen LogP contribution in [0.2, 0.25) is 0 Å². The molecule has 0 aliphatic rings. The highest BCUT2D eigenvalue weighted by Gasteiger charge is 2.12. The normalized spacial score (nSPS) is 12.5. The highest BCUT2D eigenvalue weighted by molar-refractivity contribution is 5.94. The van der Waals surface area contributed by atoms with Crippen molar-refractivity contribution < 1.29 is 4.79 Å². The van der Waals surface area contributed by atoms with E-state index in [1.807, 2.05) is 51.4 Å². The summed E-state index contributed by atoms with van der Waals surface area (Å²) in [5.41, 5.74) is 3.80. The van der Waals surface area contributed by atoms with Gasteiger partial charge in [-0.3, -0.25) is 4.79 Å². The van der Waals surface area contributed by atoms with E-state index in [2.05, 4.69) is 10.7 Å². The molecule has 4 nitrogen and oxygen atoms in total. The molecule has 0 aliphatic carbocycles. The van der Waals surface area contributed by atoms with Crippen LogP contribution < -0.4 is 10.7 Å². The Balaban J connectivity index is 2.49. The largest absolute Gasteiger partial charge is 0.325 e. The fourth-order valence-corrected chi connectivity index (χ4v) is 1.22. The van der Waals surface area contributed by atoms with Crippen LogP contribution in [0, 0.1) is 0 Å². The molecule has 0 radical (unpaired) electrons. The van der Waals surface area contributed by atoms with Crippen molar-refractivity contribution in [2.24, 2.45) is 0 Å². The van der Waals surface area contributed by atoms with Crippen LogP contribution in [0.1, 0.15) is 6.92 Å². The van der Waals surface area contributed by atoms with Crippen LogP contribution in [-0.4, -0.2) is 31.1 Å². The number of anilines is 1. The Hall–Kier alpha value is -1.39. The first-order chi connectivity index (χ1) is 7.09. The molecule has 0 aromatic heterocycles. The predicted molar refractivity (Wildman–Crippen MR) is 61.4 cm³/mol. The molecule has 2 N–H and O–H groups in total. The topological polar surface area (TPSA) is 44.4 Å². The van der Waals surface area contributed by atoms with E-state index in [0.717, 1.165) is 5.69 Å². The summed E-state index contributed by atoms with van der Waals surface area (Å²) in [6, 6.07) is 9.16. The fourth-order valence-electron chi connectivity index (χ4n) is 1.22. The molecule has 1 unspecified atom stereocenters. The molecule has 0 heterocycles. The predicted octanol–water partition coefficient (Wildman–Crippen LogP) is 1.08. The van der Waals surface area contributed by atoms with Gasteiger partial charge in [0.1, 0.15) is 0 Å². The van der Waals surface area contributed by atoms with E-state index in [0.29, 0.717) is 0 Å². The number of para-hydroxylation sites is 1. The molecule has 0 aliphatic heterocycles. The van der Waals surface area contributed by atoms with Crippen LogP contribution in [0.4, 0.5) is 5.69 Å². The molecular formula is C11H17N3O. The van der Waals surface area contributed by atoms with Gasteiger partial charge < -0.3 is 5.32 Å². The van der Waals surface area contributed by atoms with Gasteiger partial charge in [0.2, 0.25) is 5.91 Å². The number of carbonyl (C=O) groups excluding carboxylic acids is 1. The molecule has 0 saturated heterocycles. The average molecular weight is 207 g/mol. The Kier molecular flexibility index (Phi) is 4.27. The van der Waals surface area contributed by atoms with E-state index in [-0.39, 0.29) is 11.9 Å². The number of rotatable bonds is 4. The maximum atomic E-state index is 11.6. The van der Waals surface area contributed by atoms with Gasteiger partial charge in [-0.2, -0.15) is 0 Å². The zero-order valence-electron chi connectivity index (χ0n) is 9.32. The Labute approximate surface area is 90.2 Å². The monoisotopic (exact) mass is 207 g/mol. The van der Waals surface area contributed by atoms with Gasteiger partial charge in [0.25, 0.3) is 0 Å². The van der Waals surface area contributed by atoms with Gasteiger partial charge in [0.15, 0.2) is 0 Å². The average Bonchev–Trinajstić information content (AvgIpc) is 2.18. The van der Waals surface area contributed by atoms with E-state index < -0.39 is 0 Å². The Morgan fingerprint density at radius 1 is 1.27 bits per heavy atom. The quantitative estimate of drug-likeness (QED) is 0.726. The van der Waals surface area contributed by atoms with Gasteiger partial charge in [-0.05, 0) is 19.1 Å². The molecule has 4 heteroatoms. The fraction of sp³-hybridized carbons (Fsp3) is 0.364. The molecule has 1 aromatic rings. The second-order valence-electron chi connectivity index (χ2n) is 3.60. The summed E-state index contributed by atoms with van der Waals surface area (Å²) in [5, 5.41) is 4.58. The number of hydrogen-bond donors (Lipinski definition) is 2. The minimum atomic E-state index is -0.250. The van der Waals surface area contributed by atoms with Crippen LogP contribution in [0.3, 0.4) is 0 Å². The van der Waals surface area contributed by atoms with Gasteiger partial charge in [-0.15, -0.1) is 0 Å². The first kappa shape index (κ1) is 11.7. The van der Waals surface area contributed by atoms with Crippen molar-refractivity contribution >= 4 is 11.6 Å². The summed E-state index contributed by atoms with van der Waals surface area (Å²) in [6.45, 7) is 1.82. The molecule has 1 atom stereocenters. The number of nitrogens with zero attached hydrogens (tertiary/aromatic N) is 1. The van der Waals surface area contributed by atoms with Crippen molar-refractivity contribution in [2.45, 2.75) is 13.0 Å². The van der Waals surface area contributed by atoms with Crippen molar-refractivity contribution in [2.75, 3.05) is 19.4 Å². The van der Waals surface area contributed by atoms with Gasteiger partial charge >= 0.3 is 0 Å². The lowest BCUT2D eigenvalue weighted by molar-refractivity contribution is -0.118. The first-order valence-electron chi connectivity index (χ1n) is 4.89. The molecule has 1 rings (SSSR count). The van der Waals surface area contributed by atoms with E-state index in [1.54, 1.807) is 5.01 Å². The van der Waals surface area contributed by atoms with Crippen molar-refractivity contribution in [3.05, 3.63) is 30.3 Å². The third-order valence-electron chi connectivity index (χ3n) is 1.89. The Bertz CT molecular complexity index is 311. The van der Waals surface area contributed by atoms with Gasteiger partial charge in [0, 0.05) is 19.8 Å².